The quantitative estimate of drug-likeness (QED) is 0.801. The van der Waals surface area contributed by atoms with Crippen molar-refractivity contribution in [2.75, 3.05) is 13.6 Å². The highest BCUT2D eigenvalue weighted by molar-refractivity contribution is 5.05. The summed E-state index contributed by atoms with van der Waals surface area (Å²) in [6, 6.07) is 4.58. The van der Waals surface area contributed by atoms with Gasteiger partial charge >= 0.3 is 0 Å². The molecule has 3 nitrogen and oxygen atoms in total. The number of hydrogen-bond acceptors (Lipinski definition) is 3. The molecular formula is C12H20N2O. The van der Waals surface area contributed by atoms with Crippen LogP contribution in [-0.2, 0) is 6.54 Å². The molecule has 1 heterocycles. The molecule has 1 fully saturated rings. The van der Waals surface area contributed by atoms with Gasteiger partial charge in [0.25, 0.3) is 0 Å². The van der Waals surface area contributed by atoms with Gasteiger partial charge in [0, 0.05) is 12.6 Å². The third kappa shape index (κ3) is 2.61. The number of likely N-dealkylation sites (N-methyl/N-ethyl adjacent to an activating group) is 1. The van der Waals surface area contributed by atoms with E-state index in [2.05, 4.69) is 11.9 Å². The first kappa shape index (κ1) is 10.7. The number of rotatable bonds is 5. The van der Waals surface area contributed by atoms with Crippen LogP contribution in [-0.4, -0.2) is 24.5 Å². The molecule has 3 heteroatoms. The predicted octanol–water partition coefficient (Wildman–Crippen LogP) is 1.76. The molecule has 84 valence electrons. The Morgan fingerprint density at radius 3 is 2.73 bits per heavy atom. The van der Waals surface area contributed by atoms with Crippen molar-refractivity contribution in [1.29, 1.82) is 0 Å². The van der Waals surface area contributed by atoms with Crippen molar-refractivity contribution >= 4 is 0 Å². The molecule has 15 heavy (non-hydrogen) atoms. The third-order valence-corrected chi connectivity index (χ3v) is 3.18. The van der Waals surface area contributed by atoms with Gasteiger partial charge in [0.15, 0.2) is 0 Å². The van der Waals surface area contributed by atoms with Crippen LogP contribution in [0.4, 0.5) is 0 Å². The zero-order valence-electron chi connectivity index (χ0n) is 9.57. The highest BCUT2D eigenvalue weighted by Crippen LogP contribution is 2.34. The lowest BCUT2D eigenvalue weighted by Gasteiger charge is -2.25. The maximum Gasteiger partial charge on any atom is 0.118 e. The van der Waals surface area contributed by atoms with Gasteiger partial charge in [-0.3, -0.25) is 4.90 Å². The average Bonchev–Trinajstić information content (AvgIpc) is 2.93. The maximum atomic E-state index is 5.80. The monoisotopic (exact) mass is 208 g/mol. The summed E-state index contributed by atoms with van der Waals surface area (Å²) in [4.78, 5) is 2.32. The van der Waals surface area contributed by atoms with E-state index in [1.165, 1.54) is 12.8 Å². The van der Waals surface area contributed by atoms with Crippen LogP contribution in [0.15, 0.2) is 16.5 Å². The van der Waals surface area contributed by atoms with Crippen LogP contribution < -0.4 is 5.73 Å². The zero-order valence-corrected chi connectivity index (χ0v) is 9.57. The van der Waals surface area contributed by atoms with E-state index in [0.29, 0.717) is 6.04 Å². The second-order valence-corrected chi connectivity index (χ2v) is 4.57. The standard InChI is InChI=1S/C12H20N2O/c1-9-3-6-11(15-9)8-14(2)12(7-13)10-4-5-10/h3,6,10,12H,4-5,7-8,13H2,1-2H3. The second-order valence-electron chi connectivity index (χ2n) is 4.57. The minimum Gasteiger partial charge on any atom is -0.465 e. The average molecular weight is 208 g/mol. The van der Waals surface area contributed by atoms with Gasteiger partial charge in [-0.25, -0.2) is 0 Å². The van der Waals surface area contributed by atoms with Crippen LogP contribution in [0, 0.1) is 12.8 Å². The van der Waals surface area contributed by atoms with Crippen LogP contribution in [0.5, 0.6) is 0 Å². The van der Waals surface area contributed by atoms with Gasteiger partial charge in [-0.05, 0) is 44.9 Å². The molecule has 0 aromatic carbocycles. The van der Waals surface area contributed by atoms with Crippen LogP contribution >= 0.6 is 0 Å². The Morgan fingerprint density at radius 1 is 1.53 bits per heavy atom. The fourth-order valence-corrected chi connectivity index (χ4v) is 2.15. The van der Waals surface area contributed by atoms with Gasteiger partial charge in [-0.2, -0.15) is 0 Å². The van der Waals surface area contributed by atoms with Crippen LogP contribution in [0.2, 0.25) is 0 Å². The molecule has 1 atom stereocenters. The Kier molecular flexibility index (Phi) is 3.12. The minimum atomic E-state index is 0.524. The largest absolute Gasteiger partial charge is 0.465 e. The smallest absolute Gasteiger partial charge is 0.118 e. The van der Waals surface area contributed by atoms with E-state index >= 15 is 0 Å². The van der Waals surface area contributed by atoms with Crippen molar-refractivity contribution in [1.82, 2.24) is 4.90 Å². The summed E-state index contributed by atoms with van der Waals surface area (Å²) in [6.45, 7) is 3.60. The molecule has 1 saturated carbocycles. The second kappa shape index (κ2) is 4.37. The SMILES string of the molecule is Cc1ccc(CN(C)C(CN)C2CC2)o1. The highest BCUT2D eigenvalue weighted by atomic mass is 16.3. The first-order valence-electron chi connectivity index (χ1n) is 5.66. The molecule has 1 unspecified atom stereocenters. The molecule has 0 saturated heterocycles. The Hall–Kier alpha value is -0.800. The lowest BCUT2D eigenvalue weighted by molar-refractivity contribution is 0.199. The zero-order chi connectivity index (χ0) is 10.8. The van der Waals surface area contributed by atoms with E-state index in [9.17, 15) is 0 Å². The number of furan rings is 1. The summed E-state index contributed by atoms with van der Waals surface area (Å²) in [5.74, 6) is 2.83. The van der Waals surface area contributed by atoms with Crippen molar-refractivity contribution in [2.45, 2.75) is 32.4 Å². The molecule has 0 radical (unpaired) electrons. The van der Waals surface area contributed by atoms with Gasteiger partial charge in [0.05, 0.1) is 6.54 Å². The molecule has 0 spiro atoms. The van der Waals surface area contributed by atoms with Crippen LogP contribution in [0.1, 0.15) is 24.4 Å². The molecule has 0 aliphatic heterocycles. The number of nitrogens with zero attached hydrogens (tertiary/aromatic N) is 1. The summed E-state index contributed by atoms with van der Waals surface area (Å²) in [5.41, 5.74) is 5.80. The topological polar surface area (TPSA) is 42.4 Å². The predicted molar refractivity (Wildman–Crippen MR) is 60.5 cm³/mol. The van der Waals surface area contributed by atoms with Crippen LogP contribution in [0.3, 0.4) is 0 Å². The van der Waals surface area contributed by atoms with E-state index in [0.717, 1.165) is 30.5 Å². The molecular weight excluding hydrogens is 188 g/mol. The van der Waals surface area contributed by atoms with E-state index < -0.39 is 0 Å². The third-order valence-electron chi connectivity index (χ3n) is 3.18. The van der Waals surface area contributed by atoms with Gasteiger partial charge in [0.2, 0.25) is 0 Å². The molecule has 1 aliphatic rings. The van der Waals surface area contributed by atoms with Crippen molar-refractivity contribution < 1.29 is 4.42 Å². The summed E-state index contributed by atoms with van der Waals surface area (Å²) < 4.78 is 5.57. The lowest BCUT2D eigenvalue weighted by Crippen LogP contribution is -2.39. The summed E-state index contributed by atoms with van der Waals surface area (Å²) >= 11 is 0. The molecule has 1 aromatic rings. The van der Waals surface area contributed by atoms with Gasteiger partial charge < -0.3 is 10.2 Å². The Bertz CT molecular complexity index is 317. The van der Waals surface area contributed by atoms with E-state index in [1.807, 2.05) is 19.1 Å². The number of aryl methyl sites for hydroxylation is 1. The maximum absolute atomic E-state index is 5.80. The Morgan fingerprint density at radius 2 is 2.27 bits per heavy atom. The fraction of sp³-hybridized carbons (Fsp3) is 0.667. The summed E-state index contributed by atoms with van der Waals surface area (Å²) in [5, 5.41) is 0. The molecule has 2 rings (SSSR count). The molecule has 2 N–H and O–H groups in total. The van der Waals surface area contributed by atoms with Crippen LogP contribution in [0.25, 0.3) is 0 Å². The summed E-state index contributed by atoms with van der Waals surface area (Å²) in [7, 11) is 2.13. The highest BCUT2D eigenvalue weighted by Gasteiger charge is 2.32. The van der Waals surface area contributed by atoms with E-state index in [4.69, 9.17) is 10.2 Å². The number of nitrogens with two attached hydrogens (primary N) is 1. The summed E-state index contributed by atoms with van der Waals surface area (Å²) in [6.07, 6.45) is 2.67. The fourth-order valence-electron chi connectivity index (χ4n) is 2.15. The Labute approximate surface area is 91.2 Å². The van der Waals surface area contributed by atoms with E-state index in [-0.39, 0.29) is 0 Å². The van der Waals surface area contributed by atoms with E-state index in [1.54, 1.807) is 0 Å². The molecule has 1 aromatic heterocycles. The van der Waals surface area contributed by atoms with Crippen molar-refractivity contribution in [3.05, 3.63) is 23.7 Å². The lowest BCUT2D eigenvalue weighted by atomic mass is 10.1. The number of hydrogen-bond donors (Lipinski definition) is 1. The normalized spacial score (nSPS) is 18.4. The van der Waals surface area contributed by atoms with Gasteiger partial charge in [0.1, 0.15) is 11.5 Å². The first-order chi connectivity index (χ1) is 7.20. The molecule has 1 aliphatic carbocycles. The Balaban J connectivity index is 1.92. The van der Waals surface area contributed by atoms with Gasteiger partial charge in [-0.1, -0.05) is 0 Å². The van der Waals surface area contributed by atoms with Crippen molar-refractivity contribution in [3.8, 4) is 0 Å². The van der Waals surface area contributed by atoms with Gasteiger partial charge in [-0.15, -0.1) is 0 Å². The molecule has 0 bridgehead atoms. The minimum absolute atomic E-state index is 0.524. The molecule has 0 amide bonds. The first-order valence-corrected chi connectivity index (χ1v) is 5.66. The van der Waals surface area contributed by atoms with Crippen molar-refractivity contribution in [2.24, 2.45) is 11.7 Å². The van der Waals surface area contributed by atoms with Crippen molar-refractivity contribution in [3.63, 3.8) is 0 Å².